The van der Waals surface area contributed by atoms with E-state index in [0.29, 0.717) is 6.08 Å². The summed E-state index contributed by atoms with van der Waals surface area (Å²) in [4.78, 5) is 8.24. The third-order valence-corrected chi connectivity index (χ3v) is 0. The monoisotopic (exact) mass is 178 g/mol. The summed E-state index contributed by atoms with van der Waals surface area (Å²) in [6.07, 6.45) is 0.500. The van der Waals surface area contributed by atoms with Crippen LogP contribution in [0.4, 0.5) is 0 Å². The maximum Gasteiger partial charge on any atom is 0 e. The predicted octanol–water partition coefficient (Wildman–Crippen LogP) is 1.61. The quantitative estimate of drug-likeness (QED) is 0.315. The predicted molar refractivity (Wildman–Crippen MR) is 28.9 cm³/mol. The molecule has 2 nitrogen and oxygen atoms in total. The van der Waals surface area contributed by atoms with E-state index in [1.54, 1.807) is 0 Å². The van der Waals surface area contributed by atoms with Gasteiger partial charge < -0.3 is 12.8 Å². The maximum atomic E-state index is 8.24. The van der Waals surface area contributed by atoms with Gasteiger partial charge in [0.05, 0.1) is 0 Å². The molecule has 0 N–H and O–H groups in total. The summed E-state index contributed by atoms with van der Waals surface area (Å²) >= 11 is 0. The summed E-state index contributed by atoms with van der Waals surface area (Å²) in [7, 11) is 0. The van der Waals surface area contributed by atoms with Gasteiger partial charge in [-0.2, -0.15) is 0 Å². The topological polar surface area (TPSA) is 39.4 Å². The first kappa shape index (κ1) is 51.0. The molecule has 0 amide bonds. The third kappa shape index (κ3) is 557. The average molecular weight is 178 g/mol. The van der Waals surface area contributed by atoms with Crippen molar-refractivity contribution in [2.24, 2.45) is 0 Å². The van der Waals surface area contributed by atoms with Crippen LogP contribution in [0, 0.1) is 7.43 Å². The number of rotatable bonds is 0. The van der Waals surface area contributed by atoms with E-state index in [4.69, 9.17) is 10.2 Å². The maximum absolute atomic E-state index is 8.24. The molecule has 0 spiro atoms. The van der Waals surface area contributed by atoms with Crippen molar-refractivity contribution in [3.05, 3.63) is 12.8 Å². The molecule has 0 aliphatic carbocycles. The summed E-state index contributed by atoms with van der Waals surface area (Å²) in [6, 6.07) is 0. The Kier molecular flexibility index (Phi) is 645. The zero-order valence-corrected chi connectivity index (χ0v) is 5.77. The van der Waals surface area contributed by atoms with Gasteiger partial charge in [-0.15, -0.1) is 0 Å². The summed E-state index contributed by atoms with van der Waals surface area (Å²) in [5.41, 5.74) is 0. The van der Waals surface area contributed by atoms with E-state index < -0.39 is 0 Å². The Bertz CT molecular complexity index is 32.7. The fourth-order valence-corrected chi connectivity index (χ4v) is 0. The molecular weight excluding hydrogens is 167 g/mol. The molecular formula is C4H11NOY-2. The van der Waals surface area contributed by atoms with Crippen LogP contribution in [0.3, 0.4) is 0 Å². The molecule has 0 heterocycles. The molecule has 0 bridgehead atoms. The Morgan fingerprint density at radius 1 is 1.29 bits per heavy atom. The van der Waals surface area contributed by atoms with Gasteiger partial charge >= 0.3 is 0 Å². The summed E-state index contributed by atoms with van der Waals surface area (Å²) < 4.78 is 0. The van der Waals surface area contributed by atoms with Crippen molar-refractivity contribution in [3.8, 4) is 0 Å². The Morgan fingerprint density at radius 3 is 1.29 bits per heavy atom. The molecule has 0 aliphatic heterocycles. The van der Waals surface area contributed by atoms with Crippen LogP contribution in [0.25, 0.3) is 5.41 Å². The molecule has 1 radical (unpaired) electrons. The van der Waals surface area contributed by atoms with Crippen LogP contribution >= 0.6 is 0 Å². The van der Waals surface area contributed by atoms with Crippen LogP contribution in [-0.4, -0.2) is 6.08 Å². The minimum Gasteiger partial charge on any atom is -0.724 e. The van der Waals surface area contributed by atoms with E-state index in [9.17, 15) is 0 Å². The minimum atomic E-state index is 0. The average Bonchev–Trinajstić information content (AvgIpc) is 0.918. The molecule has 0 fully saturated rings. The Balaban J connectivity index is -0.00000000333. The van der Waals surface area contributed by atoms with Gasteiger partial charge in [0.25, 0.3) is 0 Å². The molecule has 7 heavy (non-hydrogen) atoms. The van der Waals surface area contributed by atoms with E-state index in [1.165, 1.54) is 0 Å². The van der Waals surface area contributed by atoms with E-state index in [2.05, 4.69) is 0 Å². The van der Waals surface area contributed by atoms with E-state index in [-0.39, 0.29) is 55.0 Å². The molecule has 0 aliphatic rings. The van der Waals surface area contributed by atoms with Crippen molar-refractivity contribution in [3.63, 3.8) is 0 Å². The summed E-state index contributed by atoms with van der Waals surface area (Å²) in [5.74, 6) is 0. The van der Waals surface area contributed by atoms with Gasteiger partial charge in [-0.25, -0.2) is 0 Å². The van der Waals surface area contributed by atoms with Crippen molar-refractivity contribution >= 4 is 6.08 Å². The fourth-order valence-electron chi connectivity index (χ4n) is 0. The summed E-state index contributed by atoms with van der Waals surface area (Å²) in [5, 5.41) is 6.76. The molecule has 0 atom stereocenters. The first-order valence-electron chi connectivity index (χ1n) is 0.428. The van der Waals surface area contributed by atoms with Gasteiger partial charge in [-0.3, -0.25) is 4.79 Å². The Morgan fingerprint density at radius 2 is 1.29 bits per heavy atom. The molecule has 43 valence electrons. The second-order valence-corrected chi connectivity index (χ2v) is 0.0913. The smallest absolute Gasteiger partial charge is 0 e. The van der Waals surface area contributed by atoms with Crippen LogP contribution in [-0.2, 0) is 37.5 Å². The van der Waals surface area contributed by atoms with Crippen LogP contribution in [0.5, 0.6) is 0 Å². The number of hydrogen-bond acceptors (Lipinski definition) is 1. The number of nitrogens with zero attached hydrogens (tertiary/aromatic N) is 1. The second-order valence-electron chi connectivity index (χ2n) is 0.0913. The zero-order chi connectivity index (χ0) is 2.71. The number of hydrogen-bond donors (Lipinski definition) is 0. The minimum absolute atomic E-state index is 0. The molecule has 0 rings (SSSR count). The number of carbonyl (C=O) groups excluding carboxylic acids is 1. The molecule has 0 aromatic carbocycles. The first-order valence-corrected chi connectivity index (χ1v) is 0.428. The summed E-state index contributed by atoms with van der Waals surface area (Å²) in [6.45, 7) is 0. The van der Waals surface area contributed by atoms with E-state index in [0.717, 1.165) is 0 Å². The Labute approximate surface area is 71.1 Å². The normalized spacial score (nSPS) is 1.14. The van der Waals surface area contributed by atoms with Gasteiger partial charge in [-0.1, -0.05) is 14.9 Å². The molecule has 0 saturated heterocycles. The van der Waals surface area contributed by atoms with Crippen molar-refractivity contribution in [1.82, 2.24) is 0 Å². The molecule has 3 heteroatoms. The van der Waals surface area contributed by atoms with Gasteiger partial charge in [-0.05, 0) is 6.08 Å². The third-order valence-electron chi connectivity index (χ3n) is 0. The molecule has 0 aromatic heterocycles. The van der Waals surface area contributed by atoms with Crippen LogP contribution in [0.15, 0.2) is 0 Å². The van der Waals surface area contributed by atoms with Crippen molar-refractivity contribution in [2.45, 2.75) is 14.9 Å². The van der Waals surface area contributed by atoms with Crippen LogP contribution in [0.1, 0.15) is 14.9 Å². The van der Waals surface area contributed by atoms with Crippen molar-refractivity contribution in [1.29, 1.82) is 0 Å². The molecule has 0 unspecified atom stereocenters. The van der Waals surface area contributed by atoms with Crippen molar-refractivity contribution < 1.29 is 37.5 Å². The zero-order valence-electron chi connectivity index (χ0n) is 2.93. The molecule has 0 saturated carbocycles. The molecule has 0 aromatic rings. The Hall–Kier alpha value is 0.484. The second kappa shape index (κ2) is 88.6. The van der Waals surface area contributed by atoms with Crippen LogP contribution < -0.4 is 0 Å². The van der Waals surface area contributed by atoms with Gasteiger partial charge in [0.2, 0.25) is 0 Å². The van der Waals surface area contributed by atoms with Crippen LogP contribution in [0.2, 0.25) is 0 Å². The van der Waals surface area contributed by atoms with E-state index >= 15 is 0 Å². The van der Waals surface area contributed by atoms with Gasteiger partial charge in [0, 0.05) is 32.7 Å². The van der Waals surface area contributed by atoms with Gasteiger partial charge in [0.1, 0.15) is 0 Å². The largest absolute Gasteiger partial charge is 0.724 e. The van der Waals surface area contributed by atoms with Crippen molar-refractivity contribution in [2.75, 3.05) is 0 Å². The fraction of sp³-hybridized carbons (Fsp3) is 0.500. The SMILES string of the molecule is C.C.[CH3-].[N-]=C=O.[Y]. The van der Waals surface area contributed by atoms with E-state index in [1.807, 2.05) is 0 Å². The number of isocyanates is 1. The first-order chi connectivity index (χ1) is 1.41. The van der Waals surface area contributed by atoms with Gasteiger partial charge in [0.15, 0.2) is 0 Å². The standard InChI is InChI=1S/CNO.2CH4.CH3.Y/c2-1-3;;;;/h;2*1H4;1H3;/q-1;;;-1;.